The Bertz CT molecular complexity index is 903. The van der Waals surface area contributed by atoms with Crippen molar-refractivity contribution in [1.82, 2.24) is 15.1 Å². The summed E-state index contributed by atoms with van der Waals surface area (Å²) in [5.41, 5.74) is 0.853. The van der Waals surface area contributed by atoms with Crippen molar-refractivity contribution in [3.05, 3.63) is 45.3 Å². The number of hydrogen-bond acceptors (Lipinski definition) is 4. The Hall–Kier alpha value is -2.09. The van der Waals surface area contributed by atoms with Crippen molar-refractivity contribution in [2.45, 2.75) is 13.3 Å². The van der Waals surface area contributed by atoms with E-state index in [0.29, 0.717) is 41.1 Å². The van der Waals surface area contributed by atoms with Gasteiger partial charge in [0, 0.05) is 61.0 Å². The maximum atomic E-state index is 12.4. The van der Waals surface area contributed by atoms with Crippen LogP contribution in [0.5, 0.6) is 0 Å². The van der Waals surface area contributed by atoms with Crippen LogP contribution >= 0.6 is 34.5 Å². The molecule has 1 fully saturated rings. The van der Waals surface area contributed by atoms with Gasteiger partial charge in [-0.15, -0.1) is 11.3 Å². The quantitative estimate of drug-likeness (QED) is 0.752. The number of carbonyl (C=O) groups excluding carboxylic acids is 3. The van der Waals surface area contributed by atoms with Crippen LogP contribution in [0.1, 0.15) is 23.0 Å². The van der Waals surface area contributed by atoms with Gasteiger partial charge in [-0.25, -0.2) is 0 Å². The predicted molar refractivity (Wildman–Crippen MR) is 116 cm³/mol. The lowest BCUT2D eigenvalue weighted by molar-refractivity contribution is -0.138. The number of piperazine rings is 1. The minimum Gasteiger partial charge on any atom is -0.351 e. The van der Waals surface area contributed by atoms with E-state index in [1.165, 1.54) is 18.3 Å². The number of nitrogens with zero attached hydrogens (tertiary/aromatic N) is 2. The van der Waals surface area contributed by atoms with Crippen LogP contribution < -0.4 is 5.32 Å². The molecule has 3 rings (SSSR count). The molecule has 0 atom stereocenters. The van der Waals surface area contributed by atoms with E-state index in [1.54, 1.807) is 34.1 Å². The van der Waals surface area contributed by atoms with Crippen LogP contribution in [-0.4, -0.2) is 60.2 Å². The largest absolute Gasteiger partial charge is 0.351 e. The van der Waals surface area contributed by atoms with Crippen molar-refractivity contribution in [3.63, 3.8) is 0 Å². The molecule has 9 heteroatoms. The number of hydrogen-bond donors (Lipinski definition) is 1. The van der Waals surface area contributed by atoms with Gasteiger partial charge in [0.2, 0.25) is 11.8 Å². The van der Waals surface area contributed by atoms with Gasteiger partial charge in [0.05, 0.1) is 4.88 Å². The molecule has 0 radical (unpaired) electrons. The van der Waals surface area contributed by atoms with Crippen LogP contribution in [0.4, 0.5) is 0 Å². The van der Waals surface area contributed by atoms with Crippen LogP contribution in [0.2, 0.25) is 10.0 Å². The molecule has 1 aromatic heterocycles. The molecular weight excluding hydrogens is 433 g/mol. The first kappa shape index (κ1) is 21.6. The number of carbonyl (C=O) groups is 3. The minimum absolute atomic E-state index is 0.0195. The number of amides is 3. The first-order chi connectivity index (χ1) is 13.8. The Morgan fingerprint density at radius 2 is 1.62 bits per heavy atom. The van der Waals surface area contributed by atoms with Gasteiger partial charge in [-0.1, -0.05) is 23.2 Å². The molecule has 1 aromatic carbocycles. The Labute approximate surface area is 183 Å². The van der Waals surface area contributed by atoms with Gasteiger partial charge in [0.25, 0.3) is 5.91 Å². The molecule has 29 heavy (non-hydrogen) atoms. The summed E-state index contributed by atoms with van der Waals surface area (Å²) in [6.07, 6.45) is 0.230. The molecule has 0 unspecified atom stereocenters. The zero-order valence-corrected chi connectivity index (χ0v) is 18.2. The number of rotatable bonds is 5. The zero-order chi connectivity index (χ0) is 21.0. The van der Waals surface area contributed by atoms with Crippen molar-refractivity contribution in [1.29, 1.82) is 0 Å². The van der Waals surface area contributed by atoms with Crippen LogP contribution in [0.15, 0.2) is 30.3 Å². The van der Waals surface area contributed by atoms with E-state index < -0.39 is 0 Å². The number of halogens is 2. The molecule has 6 nitrogen and oxygen atoms in total. The Balaban J connectivity index is 1.48. The normalized spacial score (nSPS) is 14.0. The molecule has 1 aliphatic rings. The molecule has 1 saturated heterocycles. The number of benzene rings is 1. The van der Waals surface area contributed by atoms with E-state index in [4.69, 9.17) is 23.2 Å². The lowest BCUT2D eigenvalue weighted by Crippen LogP contribution is -2.50. The number of thiophene rings is 1. The summed E-state index contributed by atoms with van der Waals surface area (Å²) in [5.74, 6) is -0.211. The highest BCUT2D eigenvalue weighted by molar-refractivity contribution is 7.17. The van der Waals surface area contributed by atoms with Crippen LogP contribution in [-0.2, 0) is 9.59 Å². The van der Waals surface area contributed by atoms with Gasteiger partial charge < -0.3 is 15.1 Å². The summed E-state index contributed by atoms with van der Waals surface area (Å²) in [5, 5.41) is 3.86. The fraction of sp³-hybridized carbons (Fsp3) is 0.350. The molecule has 0 spiro atoms. The van der Waals surface area contributed by atoms with Gasteiger partial charge in [-0.3, -0.25) is 14.4 Å². The molecule has 0 bridgehead atoms. The molecule has 1 N–H and O–H groups in total. The van der Waals surface area contributed by atoms with Crippen molar-refractivity contribution in [3.8, 4) is 10.4 Å². The summed E-state index contributed by atoms with van der Waals surface area (Å²) in [7, 11) is 0. The SMILES string of the molecule is CC(=O)N1CCN(C(=O)CCNC(=O)c2ccc(-c3cc(Cl)cc(Cl)c3)s2)CC1. The molecule has 0 saturated carbocycles. The third-order valence-electron chi connectivity index (χ3n) is 4.68. The second-order valence-corrected chi connectivity index (χ2v) is 8.67. The summed E-state index contributed by atoms with van der Waals surface area (Å²) < 4.78 is 0. The highest BCUT2D eigenvalue weighted by Crippen LogP contribution is 2.32. The minimum atomic E-state index is -0.219. The topological polar surface area (TPSA) is 69.7 Å². The fourth-order valence-corrected chi connectivity index (χ4v) is 4.55. The third-order valence-corrected chi connectivity index (χ3v) is 6.25. The summed E-state index contributed by atoms with van der Waals surface area (Å²) in [6, 6.07) is 8.84. The smallest absolute Gasteiger partial charge is 0.261 e. The van der Waals surface area contributed by atoms with Gasteiger partial charge in [-0.2, -0.15) is 0 Å². The Kier molecular flexibility index (Phi) is 7.16. The van der Waals surface area contributed by atoms with Crippen LogP contribution in [0.3, 0.4) is 0 Å². The van der Waals surface area contributed by atoms with Gasteiger partial charge in [0.1, 0.15) is 0 Å². The predicted octanol–water partition coefficient (Wildman–Crippen LogP) is 3.53. The summed E-state index contributed by atoms with van der Waals surface area (Å²) >= 11 is 13.4. The van der Waals surface area contributed by atoms with Crippen LogP contribution in [0.25, 0.3) is 10.4 Å². The zero-order valence-electron chi connectivity index (χ0n) is 15.9. The first-order valence-electron chi connectivity index (χ1n) is 9.21. The van der Waals surface area contributed by atoms with Gasteiger partial charge in [0.15, 0.2) is 0 Å². The first-order valence-corrected chi connectivity index (χ1v) is 10.8. The lowest BCUT2D eigenvalue weighted by Gasteiger charge is -2.34. The standard InChI is InChI=1S/C20H21Cl2N3O3S/c1-13(26)24-6-8-25(9-7-24)19(27)4-5-23-20(28)18-3-2-17(29-18)14-10-15(21)12-16(22)11-14/h2-3,10-12H,4-9H2,1H3,(H,23,28). The number of nitrogens with one attached hydrogen (secondary N) is 1. The molecule has 0 aliphatic carbocycles. The highest BCUT2D eigenvalue weighted by Gasteiger charge is 2.22. The van der Waals surface area contributed by atoms with Crippen molar-refractivity contribution >= 4 is 52.3 Å². The molecular formula is C20H21Cl2N3O3S. The van der Waals surface area contributed by atoms with Crippen molar-refractivity contribution < 1.29 is 14.4 Å². The second kappa shape index (κ2) is 9.61. The Morgan fingerprint density at radius 1 is 1.00 bits per heavy atom. The summed E-state index contributed by atoms with van der Waals surface area (Å²) in [4.78, 5) is 40.9. The van der Waals surface area contributed by atoms with Gasteiger partial charge in [-0.05, 0) is 35.9 Å². The van der Waals surface area contributed by atoms with E-state index in [0.717, 1.165) is 10.4 Å². The molecule has 3 amide bonds. The van der Waals surface area contributed by atoms with E-state index >= 15 is 0 Å². The van der Waals surface area contributed by atoms with Crippen molar-refractivity contribution in [2.24, 2.45) is 0 Å². The van der Waals surface area contributed by atoms with E-state index in [1.807, 2.05) is 6.07 Å². The molecule has 2 heterocycles. The van der Waals surface area contributed by atoms with Crippen molar-refractivity contribution in [2.75, 3.05) is 32.7 Å². The van der Waals surface area contributed by atoms with Gasteiger partial charge >= 0.3 is 0 Å². The van der Waals surface area contributed by atoms with E-state index in [2.05, 4.69) is 5.32 Å². The summed E-state index contributed by atoms with van der Waals surface area (Å²) in [6.45, 7) is 3.97. The average Bonchev–Trinajstić information content (AvgIpc) is 3.17. The average molecular weight is 454 g/mol. The molecule has 1 aliphatic heterocycles. The third kappa shape index (κ3) is 5.72. The Morgan fingerprint density at radius 3 is 2.24 bits per heavy atom. The molecule has 2 aromatic rings. The maximum absolute atomic E-state index is 12.4. The fourth-order valence-electron chi connectivity index (χ4n) is 3.11. The second-order valence-electron chi connectivity index (χ2n) is 6.71. The maximum Gasteiger partial charge on any atom is 0.261 e. The van der Waals surface area contributed by atoms with E-state index in [-0.39, 0.29) is 30.7 Å². The lowest BCUT2D eigenvalue weighted by atomic mass is 10.2. The highest BCUT2D eigenvalue weighted by atomic mass is 35.5. The van der Waals surface area contributed by atoms with Crippen LogP contribution in [0, 0.1) is 0 Å². The molecule has 154 valence electrons. The monoisotopic (exact) mass is 453 g/mol. The van der Waals surface area contributed by atoms with E-state index in [9.17, 15) is 14.4 Å².